The third-order valence-electron chi connectivity index (χ3n) is 1.79. The van der Waals surface area contributed by atoms with E-state index in [0.717, 1.165) is 10.0 Å². The Hall–Kier alpha value is -0.790. The van der Waals surface area contributed by atoms with Gasteiger partial charge in [0.1, 0.15) is 5.69 Å². The lowest BCUT2D eigenvalue weighted by molar-refractivity contribution is 1.34. The summed E-state index contributed by atoms with van der Waals surface area (Å²) in [7, 11) is 0. The van der Waals surface area contributed by atoms with Gasteiger partial charge in [0.15, 0.2) is 5.96 Å². The number of halogens is 3. The summed E-state index contributed by atoms with van der Waals surface area (Å²) in [6.45, 7) is 1.91. The highest BCUT2D eigenvalue weighted by Gasteiger charge is 2.11. The first kappa shape index (κ1) is 14.3. The van der Waals surface area contributed by atoms with Gasteiger partial charge in [-0.1, -0.05) is 11.6 Å². The lowest BCUT2D eigenvalue weighted by Gasteiger charge is -2.07. The predicted molar refractivity (Wildman–Crippen MR) is 78.7 cm³/mol. The summed E-state index contributed by atoms with van der Waals surface area (Å²) < 4.78 is 1.54. The maximum atomic E-state index is 6.06. The molecule has 0 aliphatic carbocycles. The van der Waals surface area contributed by atoms with Gasteiger partial charge in [-0.3, -0.25) is 0 Å². The Labute approximate surface area is 120 Å². The number of rotatable bonds is 1. The molecule has 0 aliphatic heterocycles. The van der Waals surface area contributed by atoms with Crippen LogP contribution in [0.3, 0.4) is 0 Å². The number of hydrogen-bond donors (Lipinski definition) is 3. The number of benzene rings is 1. The molecule has 0 amide bonds. The molecule has 17 heavy (non-hydrogen) atoms. The minimum Gasteiger partial charge on any atom is -0.370 e. The summed E-state index contributed by atoms with van der Waals surface area (Å²) in [5.74, 6) is -0.229. The first-order chi connectivity index (χ1) is 7.82. The van der Waals surface area contributed by atoms with Crippen molar-refractivity contribution < 1.29 is 0 Å². The van der Waals surface area contributed by atoms with Crippen LogP contribution in [0.25, 0.3) is 0 Å². The van der Waals surface area contributed by atoms with E-state index in [9.17, 15) is 0 Å². The summed E-state index contributed by atoms with van der Waals surface area (Å²) >= 11 is 12.8. The van der Waals surface area contributed by atoms with Crippen molar-refractivity contribution in [3.8, 4) is 0 Å². The number of guanidine groups is 2. The molecule has 6 N–H and O–H groups in total. The second kappa shape index (κ2) is 5.70. The van der Waals surface area contributed by atoms with Crippen LogP contribution in [0.1, 0.15) is 5.56 Å². The molecule has 0 saturated carbocycles. The van der Waals surface area contributed by atoms with Gasteiger partial charge in [0, 0.05) is 4.47 Å². The standard InChI is InChI=1S/C9H10Br2ClN5/c1-3-2-4(12)7(6(11)5(3)10)16-9(15)17-8(13)14/h2H,1H3,(H6,13,14,15,16,17). The second-order valence-electron chi connectivity index (χ2n) is 3.16. The zero-order valence-corrected chi connectivity index (χ0v) is 12.8. The van der Waals surface area contributed by atoms with E-state index in [1.807, 2.05) is 6.92 Å². The lowest BCUT2D eigenvalue weighted by atomic mass is 10.2. The highest BCUT2D eigenvalue weighted by molar-refractivity contribution is 9.13. The fourth-order valence-electron chi connectivity index (χ4n) is 1.08. The van der Waals surface area contributed by atoms with Crippen molar-refractivity contribution in [1.29, 1.82) is 0 Å². The monoisotopic (exact) mass is 381 g/mol. The fourth-order valence-corrected chi connectivity index (χ4v) is 2.41. The van der Waals surface area contributed by atoms with E-state index in [0.29, 0.717) is 15.2 Å². The van der Waals surface area contributed by atoms with E-state index in [4.69, 9.17) is 28.8 Å². The van der Waals surface area contributed by atoms with Gasteiger partial charge in [0.25, 0.3) is 0 Å². The first-order valence-electron chi connectivity index (χ1n) is 4.40. The van der Waals surface area contributed by atoms with E-state index in [1.165, 1.54) is 0 Å². The van der Waals surface area contributed by atoms with Crippen LogP contribution < -0.4 is 17.2 Å². The molecule has 1 rings (SSSR count). The van der Waals surface area contributed by atoms with E-state index in [-0.39, 0.29) is 11.9 Å². The minimum atomic E-state index is -0.162. The molecule has 5 nitrogen and oxygen atoms in total. The molecule has 8 heteroatoms. The Morgan fingerprint density at radius 2 is 1.82 bits per heavy atom. The van der Waals surface area contributed by atoms with E-state index >= 15 is 0 Å². The normalized spacial score (nSPS) is 11.4. The van der Waals surface area contributed by atoms with Gasteiger partial charge >= 0.3 is 0 Å². The molecule has 0 heterocycles. The molecule has 0 aliphatic rings. The van der Waals surface area contributed by atoms with Crippen LogP contribution in [0, 0.1) is 6.92 Å². The summed E-state index contributed by atoms with van der Waals surface area (Å²) in [5.41, 5.74) is 17.4. The third-order valence-corrected chi connectivity index (χ3v) is 4.40. The van der Waals surface area contributed by atoms with Gasteiger partial charge < -0.3 is 17.2 Å². The van der Waals surface area contributed by atoms with Gasteiger partial charge in [-0.15, -0.1) is 0 Å². The van der Waals surface area contributed by atoms with Crippen LogP contribution >= 0.6 is 43.5 Å². The number of aliphatic imine (C=N–C) groups is 2. The van der Waals surface area contributed by atoms with Crippen molar-refractivity contribution in [2.45, 2.75) is 6.92 Å². The van der Waals surface area contributed by atoms with Gasteiger partial charge in [-0.05, 0) is 50.4 Å². The highest BCUT2D eigenvalue weighted by atomic mass is 79.9. The van der Waals surface area contributed by atoms with Crippen LogP contribution in [0.2, 0.25) is 5.02 Å². The maximum Gasteiger partial charge on any atom is 0.223 e. The van der Waals surface area contributed by atoms with Gasteiger partial charge in [0.2, 0.25) is 5.96 Å². The Kier molecular flexibility index (Phi) is 4.79. The van der Waals surface area contributed by atoms with Gasteiger partial charge in [0.05, 0.1) is 9.50 Å². The van der Waals surface area contributed by atoms with Crippen molar-refractivity contribution in [2.24, 2.45) is 27.2 Å². The van der Waals surface area contributed by atoms with Crippen LogP contribution in [0.15, 0.2) is 25.0 Å². The Morgan fingerprint density at radius 1 is 1.24 bits per heavy atom. The summed E-state index contributed by atoms with van der Waals surface area (Å²) in [5, 5.41) is 0.450. The number of nitrogens with zero attached hydrogens (tertiary/aromatic N) is 2. The molecule has 0 aromatic heterocycles. The summed E-state index contributed by atoms with van der Waals surface area (Å²) in [6.07, 6.45) is 0. The predicted octanol–water partition coefficient (Wildman–Crippen LogP) is 2.39. The quantitative estimate of drug-likeness (QED) is 0.394. The number of nitrogens with two attached hydrogens (primary N) is 3. The minimum absolute atomic E-state index is 0.0663. The molecule has 0 fully saturated rings. The van der Waals surface area contributed by atoms with Crippen molar-refractivity contribution in [2.75, 3.05) is 0 Å². The average molecular weight is 383 g/mol. The zero-order chi connectivity index (χ0) is 13.2. The van der Waals surface area contributed by atoms with Crippen LogP contribution in [-0.4, -0.2) is 11.9 Å². The molecule has 0 atom stereocenters. The molecule has 1 aromatic rings. The SMILES string of the molecule is Cc1cc(Cl)c(N=C(N)N=C(N)N)c(Br)c1Br. The van der Waals surface area contributed by atoms with Crippen LogP contribution in [0.4, 0.5) is 5.69 Å². The van der Waals surface area contributed by atoms with Crippen molar-refractivity contribution >= 4 is 61.1 Å². The van der Waals surface area contributed by atoms with E-state index in [2.05, 4.69) is 41.8 Å². The number of hydrogen-bond acceptors (Lipinski definition) is 1. The molecule has 1 aromatic carbocycles. The second-order valence-corrected chi connectivity index (χ2v) is 5.15. The zero-order valence-electron chi connectivity index (χ0n) is 8.84. The Bertz CT molecular complexity index is 509. The lowest BCUT2D eigenvalue weighted by Crippen LogP contribution is -2.26. The molecular formula is C9H10Br2ClN5. The summed E-state index contributed by atoms with van der Waals surface area (Å²) in [4.78, 5) is 7.65. The Morgan fingerprint density at radius 3 is 2.35 bits per heavy atom. The largest absolute Gasteiger partial charge is 0.370 e. The molecule has 0 unspecified atom stereocenters. The van der Waals surface area contributed by atoms with Gasteiger partial charge in [-0.2, -0.15) is 4.99 Å². The van der Waals surface area contributed by atoms with Crippen molar-refractivity contribution in [3.63, 3.8) is 0 Å². The molecule has 92 valence electrons. The third kappa shape index (κ3) is 3.58. The Balaban J connectivity index is 3.34. The average Bonchev–Trinajstić information content (AvgIpc) is 2.20. The summed E-state index contributed by atoms with van der Waals surface area (Å²) in [6, 6.07) is 1.76. The maximum absolute atomic E-state index is 6.06. The van der Waals surface area contributed by atoms with Crippen molar-refractivity contribution in [3.05, 3.63) is 25.6 Å². The van der Waals surface area contributed by atoms with Crippen LogP contribution in [-0.2, 0) is 0 Å². The van der Waals surface area contributed by atoms with E-state index in [1.54, 1.807) is 6.07 Å². The molecule has 0 bridgehead atoms. The first-order valence-corrected chi connectivity index (χ1v) is 6.37. The fraction of sp³-hybridized carbons (Fsp3) is 0.111. The topological polar surface area (TPSA) is 103 Å². The van der Waals surface area contributed by atoms with Crippen LogP contribution in [0.5, 0.6) is 0 Å². The molecular weight excluding hydrogens is 373 g/mol. The highest BCUT2D eigenvalue weighted by Crippen LogP contribution is 2.40. The molecule has 0 spiro atoms. The van der Waals surface area contributed by atoms with Gasteiger partial charge in [-0.25, -0.2) is 4.99 Å². The molecule has 0 saturated heterocycles. The van der Waals surface area contributed by atoms with E-state index < -0.39 is 0 Å². The smallest absolute Gasteiger partial charge is 0.223 e. The molecule has 0 radical (unpaired) electrons. The van der Waals surface area contributed by atoms with Crippen molar-refractivity contribution in [1.82, 2.24) is 0 Å². The number of aryl methyl sites for hydroxylation is 1.